The van der Waals surface area contributed by atoms with Crippen molar-refractivity contribution in [1.29, 1.82) is 0 Å². The molecule has 0 radical (unpaired) electrons. The maximum Gasteiger partial charge on any atom is 0.356 e. The summed E-state index contributed by atoms with van der Waals surface area (Å²) in [5, 5.41) is 12.4. The van der Waals surface area contributed by atoms with Gasteiger partial charge in [-0.2, -0.15) is 0 Å². The van der Waals surface area contributed by atoms with Crippen LogP contribution in [-0.2, 0) is 16.0 Å². The second-order valence-electron chi connectivity index (χ2n) is 2.95. The van der Waals surface area contributed by atoms with Crippen LogP contribution in [0.5, 0.6) is 0 Å². The maximum absolute atomic E-state index is 11.1. The van der Waals surface area contributed by atoms with Crippen molar-refractivity contribution in [3.63, 3.8) is 0 Å². The Kier molecular flexibility index (Phi) is 4.58. The molecule has 1 aromatic carbocycles. The first-order valence-electron chi connectivity index (χ1n) is 4.31. The van der Waals surface area contributed by atoms with Crippen molar-refractivity contribution in [3.05, 3.63) is 33.8 Å². The fourth-order valence-electron chi connectivity index (χ4n) is 1.11. The number of hydrogen-bond donors (Lipinski definition) is 1. The van der Waals surface area contributed by atoms with Crippen molar-refractivity contribution in [2.24, 2.45) is 5.16 Å². The first-order valence-corrected chi connectivity index (χ1v) is 5.07. The Labute approximate surface area is 102 Å². The molecule has 0 aliphatic carbocycles. The zero-order chi connectivity index (χ0) is 12.1. The molecular weight excluding hydrogens is 253 g/mol. The number of halogens is 2. The van der Waals surface area contributed by atoms with Gasteiger partial charge in [0.15, 0.2) is 5.71 Å². The van der Waals surface area contributed by atoms with Gasteiger partial charge in [-0.15, -0.1) is 0 Å². The van der Waals surface area contributed by atoms with Gasteiger partial charge in [-0.3, -0.25) is 0 Å². The minimum absolute atomic E-state index is 0.0825. The summed E-state index contributed by atoms with van der Waals surface area (Å²) in [6, 6.07) is 4.83. The van der Waals surface area contributed by atoms with Gasteiger partial charge in [-0.1, -0.05) is 34.4 Å². The quantitative estimate of drug-likeness (QED) is 0.394. The lowest BCUT2D eigenvalue weighted by Gasteiger charge is -2.05. The number of methoxy groups -OCH3 is 1. The lowest BCUT2D eigenvalue weighted by atomic mass is 10.1. The third-order valence-electron chi connectivity index (χ3n) is 1.91. The Morgan fingerprint density at radius 2 is 2.19 bits per heavy atom. The molecule has 0 spiro atoms. The Hall–Kier alpha value is -1.26. The molecule has 0 aromatic heterocycles. The van der Waals surface area contributed by atoms with Gasteiger partial charge in [-0.25, -0.2) is 4.79 Å². The largest absolute Gasteiger partial charge is 0.464 e. The standard InChI is InChI=1S/C10H9Cl2NO3/c1-16-10(14)9(13-15)4-6-2-3-7(11)5-8(6)12/h2-3,5,15H,4H2,1H3/b13-9+. The molecule has 86 valence electrons. The number of ether oxygens (including phenoxy) is 1. The highest BCUT2D eigenvalue weighted by Gasteiger charge is 2.15. The van der Waals surface area contributed by atoms with E-state index in [1.54, 1.807) is 18.2 Å². The van der Waals surface area contributed by atoms with Crippen LogP contribution in [0.15, 0.2) is 23.4 Å². The molecular formula is C10H9Cl2NO3. The van der Waals surface area contributed by atoms with E-state index >= 15 is 0 Å². The normalized spacial score (nSPS) is 11.3. The summed E-state index contributed by atoms with van der Waals surface area (Å²) in [6.45, 7) is 0. The van der Waals surface area contributed by atoms with E-state index in [4.69, 9.17) is 28.4 Å². The predicted octanol–water partition coefficient (Wildman–Crippen LogP) is 2.54. The minimum atomic E-state index is -0.700. The highest BCUT2D eigenvalue weighted by molar-refractivity contribution is 6.38. The molecule has 0 aliphatic rings. The summed E-state index contributed by atoms with van der Waals surface area (Å²) in [5.41, 5.74) is 0.510. The van der Waals surface area contributed by atoms with Gasteiger partial charge in [0.25, 0.3) is 0 Å². The molecule has 1 rings (SSSR count). The minimum Gasteiger partial charge on any atom is -0.464 e. The Bertz CT molecular complexity index is 432. The summed E-state index contributed by atoms with van der Waals surface area (Å²) >= 11 is 11.6. The lowest BCUT2D eigenvalue weighted by molar-refractivity contribution is -0.132. The predicted molar refractivity (Wildman–Crippen MR) is 61.4 cm³/mol. The molecule has 0 saturated carbocycles. The molecule has 0 unspecified atom stereocenters. The zero-order valence-electron chi connectivity index (χ0n) is 8.41. The molecule has 0 aliphatic heterocycles. The smallest absolute Gasteiger partial charge is 0.356 e. The number of carbonyl (C=O) groups excluding carboxylic acids is 1. The molecule has 16 heavy (non-hydrogen) atoms. The number of benzene rings is 1. The van der Waals surface area contributed by atoms with E-state index in [1.807, 2.05) is 0 Å². The fourth-order valence-corrected chi connectivity index (χ4v) is 1.59. The Balaban J connectivity index is 2.91. The number of carbonyl (C=O) groups is 1. The molecule has 0 heterocycles. The number of oxime groups is 1. The molecule has 0 saturated heterocycles. The first-order chi connectivity index (χ1) is 7.58. The second-order valence-corrected chi connectivity index (χ2v) is 3.79. The van der Waals surface area contributed by atoms with Gasteiger partial charge in [0.2, 0.25) is 0 Å². The van der Waals surface area contributed by atoms with Crippen LogP contribution < -0.4 is 0 Å². The van der Waals surface area contributed by atoms with Gasteiger partial charge in [0.1, 0.15) is 0 Å². The second kappa shape index (κ2) is 5.72. The topological polar surface area (TPSA) is 58.9 Å². The van der Waals surface area contributed by atoms with Gasteiger partial charge in [-0.05, 0) is 17.7 Å². The van der Waals surface area contributed by atoms with Crippen LogP contribution in [0.2, 0.25) is 10.0 Å². The molecule has 6 heteroatoms. The van der Waals surface area contributed by atoms with Crippen LogP contribution in [0, 0.1) is 0 Å². The molecule has 4 nitrogen and oxygen atoms in total. The van der Waals surface area contributed by atoms with E-state index in [0.717, 1.165) is 0 Å². The van der Waals surface area contributed by atoms with Crippen LogP contribution in [0.4, 0.5) is 0 Å². The van der Waals surface area contributed by atoms with Gasteiger partial charge in [0, 0.05) is 16.5 Å². The summed E-state index contributed by atoms with van der Waals surface area (Å²) in [5.74, 6) is -0.700. The van der Waals surface area contributed by atoms with Crippen LogP contribution >= 0.6 is 23.2 Å². The van der Waals surface area contributed by atoms with Crippen molar-refractivity contribution in [3.8, 4) is 0 Å². The van der Waals surface area contributed by atoms with E-state index in [2.05, 4.69) is 9.89 Å². The third kappa shape index (κ3) is 3.12. The monoisotopic (exact) mass is 261 g/mol. The van der Waals surface area contributed by atoms with Crippen molar-refractivity contribution in [2.75, 3.05) is 7.11 Å². The van der Waals surface area contributed by atoms with Crippen molar-refractivity contribution >= 4 is 34.9 Å². The van der Waals surface area contributed by atoms with Crippen LogP contribution in [0.25, 0.3) is 0 Å². The van der Waals surface area contributed by atoms with E-state index in [1.165, 1.54) is 7.11 Å². The average molecular weight is 262 g/mol. The summed E-state index contributed by atoms with van der Waals surface area (Å²) in [7, 11) is 1.21. The van der Waals surface area contributed by atoms with Crippen LogP contribution in [-0.4, -0.2) is 24.0 Å². The highest BCUT2D eigenvalue weighted by Crippen LogP contribution is 2.21. The van der Waals surface area contributed by atoms with Crippen LogP contribution in [0.3, 0.4) is 0 Å². The number of nitrogens with zero attached hydrogens (tertiary/aromatic N) is 1. The molecule has 1 N–H and O–H groups in total. The SMILES string of the molecule is COC(=O)/C(Cc1ccc(Cl)cc1Cl)=N/O. The number of esters is 1. The third-order valence-corrected chi connectivity index (χ3v) is 2.50. The summed E-state index contributed by atoms with van der Waals surface area (Å²) in [4.78, 5) is 11.1. The van der Waals surface area contributed by atoms with Gasteiger partial charge in [0.05, 0.1) is 7.11 Å². The fraction of sp³-hybridized carbons (Fsp3) is 0.200. The van der Waals surface area contributed by atoms with E-state index in [-0.39, 0.29) is 12.1 Å². The first kappa shape index (κ1) is 12.8. The van der Waals surface area contributed by atoms with E-state index in [9.17, 15) is 4.79 Å². The highest BCUT2D eigenvalue weighted by atomic mass is 35.5. The Morgan fingerprint density at radius 3 is 2.69 bits per heavy atom. The number of rotatable bonds is 3. The Morgan fingerprint density at radius 1 is 1.50 bits per heavy atom. The maximum atomic E-state index is 11.1. The van der Waals surface area contributed by atoms with E-state index < -0.39 is 5.97 Å². The molecule has 0 amide bonds. The van der Waals surface area contributed by atoms with Crippen molar-refractivity contribution in [1.82, 2.24) is 0 Å². The summed E-state index contributed by atoms with van der Waals surface area (Å²) in [6.07, 6.45) is 0.0825. The lowest BCUT2D eigenvalue weighted by Crippen LogP contribution is -2.18. The molecule has 1 aromatic rings. The average Bonchev–Trinajstić information content (AvgIpc) is 2.27. The van der Waals surface area contributed by atoms with Crippen LogP contribution in [0.1, 0.15) is 5.56 Å². The zero-order valence-corrected chi connectivity index (χ0v) is 9.92. The van der Waals surface area contributed by atoms with Gasteiger partial charge < -0.3 is 9.94 Å². The molecule has 0 atom stereocenters. The summed E-state index contributed by atoms with van der Waals surface area (Å²) < 4.78 is 4.44. The number of hydrogen-bond acceptors (Lipinski definition) is 4. The van der Waals surface area contributed by atoms with Gasteiger partial charge >= 0.3 is 5.97 Å². The van der Waals surface area contributed by atoms with Crippen molar-refractivity contribution in [2.45, 2.75) is 6.42 Å². The molecule has 0 fully saturated rings. The van der Waals surface area contributed by atoms with E-state index in [0.29, 0.717) is 15.6 Å². The van der Waals surface area contributed by atoms with Crippen molar-refractivity contribution < 1.29 is 14.7 Å². The molecule has 0 bridgehead atoms.